The highest BCUT2D eigenvalue weighted by atomic mass is 35.5. The molecule has 5 nitrogen and oxygen atoms in total. The average molecular weight is 363 g/mol. The van der Waals surface area contributed by atoms with Crippen molar-refractivity contribution in [2.45, 2.75) is 0 Å². The van der Waals surface area contributed by atoms with Gasteiger partial charge < -0.3 is 14.6 Å². The predicted octanol–water partition coefficient (Wildman–Crippen LogP) is 4.91. The lowest BCUT2D eigenvalue weighted by atomic mass is 10.1. The predicted molar refractivity (Wildman–Crippen MR) is 92.9 cm³/mol. The van der Waals surface area contributed by atoms with Gasteiger partial charge in [0.15, 0.2) is 11.5 Å². The number of carbonyl (C=O) groups excluding carboxylic acids is 1. The minimum Gasteiger partial charge on any atom is -0.495 e. The third-order valence-corrected chi connectivity index (χ3v) is 3.86. The normalized spacial score (nSPS) is 10.5. The Kier molecular flexibility index (Phi) is 4.74. The number of ether oxygens (including phenoxy) is 1. The second-order valence-electron chi connectivity index (χ2n) is 4.85. The summed E-state index contributed by atoms with van der Waals surface area (Å²) in [6.45, 7) is 0. The standard InChI is InChI=1S/C17H12Cl2N2O3/c1-23-15-7-6-10(18)8-13(15)20-17(22)14-9-16(24-21-14)11-4-2-3-5-12(11)19/h2-9H,1H3,(H,20,22). The van der Waals surface area contributed by atoms with Crippen molar-refractivity contribution in [3.8, 4) is 17.1 Å². The highest BCUT2D eigenvalue weighted by Gasteiger charge is 2.17. The number of nitrogens with one attached hydrogen (secondary N) is 1. The maximum absolute atomic E-state index is 12.4. The minimum atomic E-state index is -0.447. The first-order chi connectivity index (χ1) is 11.6. The van der Waals surface area contributed by atoms with Gasteiger partial charge >= 0.3 is 0 Å². The Morgan fingerprint density at radius 1 is 1.17 bits per heavy atom. The van der Waals surface area contributed by atoms with E-state index in [1.54, 1.807) is 36.4 Å². The summed E-state index contributed by atoms with van der Waals surface area (Å²) in [4.78, 5) is 12.4. The molecule has 0 spiro atoms. The first-order valence-electron chi connectivity index (χ1n) is 6.95. The highest BCUT2D eigenvalue weighted by Crippen LogP contribution is 2.30. The Labute approximate surface area is 148 Å². The Bertz CT molecular complexity index is 893. The first kappa shape index (κ1) is 16.4. The Balaban J connectivity index is 1.85. The van der Waals surface area contributed by atoms with Crippen molar-refractivity contribution in [1.29, 1.82) is 0 Å². The van der Waals surface area contributed by atoms with Crippen molar-refractivity contribution in [1.82, 2.24) is 5.16 Å². The molecule has 0 aliphatic heterocycles. The van der Waals surface area contributed by atoms with Gasteiger partial charge in [-0.15, -0.1) is 0 Å². The van der Waals surface area contributed by atoms with E-state index in [1.165, 1.54) is 13.2 Å². The van der Waals surface area contributed by atoms with Crippen LogP contribution in [0.1, 0.15) is 10.5 Å². The van der Waals surface area contributed by atoms with Gasteiger partial charge in [-0.2, -0.15) is 0 Å². The molecule has 0 atom stereocenters. The molecule has 0 saturated carbocycles. The molecular formula is C17H12Cl2N2O3. The zero-order valence-electron chi connectivity index (χ0n) is 12.5. The zero-order chi connectivity index (χ0) is 17.1. The number of hydrogen-bond acceptors (Lipinski definition) is 4. The van der Waals surface area contributed by atoms with Crippen LogP contribution in [0.25, 0.3) is 11.3 Å². The van der Waals surface area contributed by atoms with Crippen LogP contribution in [0.2, 0.25) is 10.0 Å². The van der Waals surface area contributed by atoms with Gasteiger partial charge in [0.1, 0.15) is 5.75 Å². The molecule has 122 valence electrons. The zero-order valence-corrected chi connectivity index (χ0v) is 14.1. The first-order valence-corrected chi connectivity index (χ1v) is 7.70. The van der Waals surface area contributed by atoms with Crippen LogP contribution in [0.4, 0.5) is 5.69 Å². The van der Waals surface area contributed by atoms with Crippen LogP contribution in [0.15, 0.2) is 53.1 Å². The Hall–Kier alpha value is -2.50. The van der Waals surface area contributed by atoms with E-state index in [-0.39, 0.29) is 5.69 Å². The van der Waals surface area contributed by atoms with Gasteiger partial charge in [-0.1, -0.05) is 40.5 Å². The summed E-state index contributed by atoms with van der Waals surface area (Å²) in [5.74, 6) is 0.448. The smallest absolute Gasteiger partial charge is 0.277 e. The van der Waals surface area contributed by atoms with E-state index in [1.807, 2.05) is 6.07 Å². The van der Waals surface area contributed by atoms with Crippen molar-refractivity contribution < 1.29 is 14.1 Å². The van der Waals surface area contributed by atoms with E-state index in [0.717, 1.165) is 0 Å². The van der Waals surface area contributed by atoms with Gasteiger partial charge in [0, 0.05) is 16.7 Å². The van der Waals surface area contributed by atoms with E-state index in [9.17, 15) is 4.79 Å². The molecule has 1 aromatic heterocycles. The number of rotatable bonds is 4. The molecule has 3 aromatic rings. The molecular weight excluding hydrogens is 351 g/mol. The molecule has 0 unspecified atom stereocenters. The summed E-state index contributed by atoms with van der Waals surface area (Å²) in [5.41, 5.74) is 1.22. The molecule has 24 heavy (non-hydrogen) atoms. The lowest BCUT2D eigenvalue weighted by Crippen LogP contribution is -2.12. The van der Waals surface area contributed by atoms with Gasteiger partial charge in [-0.3, -0.25) is 4.79 Å². The molecule has 3 rings (SSSR count). The molecule has 0 fully saturated rings. The average Bonchev–Trinajstić information content (AvgIpc) is 3.05. The van der Waals surface area contributed by atoms with Crippen LogP contribution in [0, 0.1) is 0 Å². The summed E-state index contributed by atoms with van der Waals surface area (Å²) in [5, 5.41) is 7.47. The Morgan fingerprint density at radius 3 is 2.71 bits per heavy atom. The number of anilines is 1. The second-order valence-corrected chi connectivity index (χ2v) is 5.70. The number of amides is 1. The summed E-state index contributed by atoms with van der Waals surface area (Å²) < 4.78 is 10.4. The SMILES string of the molecule is COc1ccc(Cl)cc1NC(=O)c1cc(-c2ccccc2Cl)on1. The summed E-state index contributed by atoms with van der Waals surface area (Å²) >= 11 is 12.1. The number of benzene rings is 2. The van der Waals surface area contributed by atoms with E-state index in [0.29, 0.717) is 32.8 Å². The van der Waals surface area contributed by atoms with Crippen LogP contribution >= 0.6 is 23.2 Å². The van der Waals surface area contributed by atoms with Crippen molar-refractivity contribution in [3.05, 3.63) is 64.3 Å². The fourth-order valence-corrected chi connectivity index (χ4v) is 2.54. The third-order valence-electron chi connectivity index (χ3n) is 3.29. The molecule has 1 amide bonds. The van der Waals surface area contributed by atoms with Crippen LogP contribution in [0.5, 0.6) is 5.75 Å². The van der Waals surface area contributed by atoms with Gasteiger partial charge in [-0.25, -0.2) is 0 Å². The Morgan fingerprint density at radius 2 is 1.96 bits per heavy atom. The fourth-order valence-electron chi connectivity index (χ4n) is 2.13. The maximum atomic E-state index is 12.4. The monoisotopic (exact) mass is 362 g/mol. The molecule has 2 aromatic carbocycles. The largest absolute Gasteiger partial charge is 0.495 e. The van der Waals surface area contributed by atoms with E-state index in [4.69, 9.17) is 32.5 Å². The van der Waals surface area contributed by atoms with E-state index in [2.05, 4.69) is 10.5 Å². The molecule has 0 aliphatic rings. The topological polar surface area (TPSA) is 64.4 Å². The number of hydrogen-bond donors (Lipinski definition) is 1. The third kappa shape index (κ3) is 3.37. The van der Waals surface area contributed by atoms with Gasteiger partial charge in [0.25, 0.3) is 5.91 Å². The minimum absolute atomic E-state index is 0.118. The van der Waals surface area contributed by atoms with E-state index >= 15 is 0 Å². The number of methoxy groups -OCH3 is 1. The number of halogens is 2. The molecule has 0 radical (unpaired) electrons. The van der Waals surface area contributed by atoms with Crippen LogP contribution in [-0.2, 0) is 0 Å². The molecule has 1 N–H and O–H groups in total. The molecule has 0 saturated heterocycles. The summed E-state index contributed by atoms with van der Waals surface area (Å²) in [6.07, 6.45) is 0. The lowest BCUT2D eigenvalue weighted by Gasteiger charge is -2.09. The van der Waals surface area contributed by atoms with Crippen molar-refractivity contribution >= 4 is 34.8 Å². The molecule has 0 aliphatic carbocycles. The van der Waals surface area contributed by atoms with E-state index < -0.39 is 5.91 Å². The molecule has 1 heterocycles. The van der Waals surface area contributed by atoms with Gasteiger partial charge in [0.05, 0.1) is 17.8 Å². The van der Waals surface area contributed by atoms with Gasteiger partial charge in [0.2, 0.25) is 0 Å². The maximum Gasteiger partial charge on any atom is 0.277 e. The molecule has 0 bridgehead atoms. The lowest BCUT2D eigenvalue weighted by molar-refractivity contribution is 0.101. The van der Waals surface area contributed by atoms with Crippen LogP contribution in [-0.4, -0.2) is 18.2 Å². The van der Waals surface area contributed by atoms with Gasteiger partial charge in [-0.05, 0) is 30.3 Å². The van der Waals surface area contributed by atoms with Crippen molar-refractivity contribution in [3.63, 3.8) is 0 Å². The number of nitrogens with zero attached hydrogens (tertiary/aromatic N) is 1. The quantitative estimate of drug-likeness (QED) is 0.715. The number of aromatic nitrogens is 1. The summed E-state index contributed by atoms with van der Waals surface area (Å²) in [6, 6.07) is 13.6. The van der Waals surface area contributed by atoms with Crippen molar-refractivity contribution in [2.24, 2.45) is 0 Å². The fraction of sp³-hybridized carbons (Fsp3) is 0.0588. The van der Waals surface area contributed by atoms with Crippen LogP contribution in [0.3, 0.4) is 0 Å². The van der Waals surface area contributed by atoms with Crippen molar-refractivity contribution in [2.75, 3.05) is 12.4 Å². The number of carbonyl (C=O) groups is 1. The second kappa shape index (κ2) is 6.95. The highest BCUT2D eigenvalue weighted by molar-refractivity contribution is 6.33. The summed E-state index contributed by atoms with van der Waals surface area (Å²) in [7, 11) is 1.50. The van der Waals surface area contributed by atoms with Crippen LogP contribution < -0.4 is 10.1 Å². The molecule has 7 heteroatoms.